The Hall–Kier alpha value is -2.22. The maximum Gasteiger partial charge on any atom is 0.135 e. The summed E-state index contributed by atoms with van der Waals surface area (Å²) in [6, 6.07) is 13.7. The van der Waals surface area contributed by atoms with Crippen molar-refractivity contribution >= 4 is 11.0 Å². The van der Waals surface area contributed by atoms with Crippen molar-refractivity contribution in [3.05, 3.63) is 53.6 Å². The van der Waals surface area contributed by atoms with Crippen LogP contribution in [0.4, 0.5) is 0 Å². The molecule has 0 amide bonds. The number of phenols is 1. The van der Waals surface area contributed by atoms with Gasteiger partial charge in [0, 0.05) is 10.9 Å². The molecule has 0 saturated carbocycles. The Morgan fingerprint density at radius 1 is 0.944 bits per heavy atom. The highest BCUT2D eigenvalue weighted by Crippen LogP contribution is 2.30. The first-order chi connectivity index (χ1) is 8.63. The maximum absolute atomic E-state index is 9.54. The molecule has 0 atom stereocenters. The van der Waals surface area contributed by atoms with Gasteiger partial charge in [0.05, 0.1) is 0 Å². The summed E-state index contributed by atoms with van der Waals surface area (Å²) in [5, 5.41) is 10.6. The van der Waals surface area contributed by atoms with Crippen LogP contribution in [0.1, 0.15) is 11.1 Å². The monoisotopic (exact) mass is 238 g/mol. The van der Waals surface area contributed by atoms with E-state index in [1.807, 2.05) is 37.3 Å². The molecule has 0 aliphatic carbocycles. The van der Waals surface area contributed by atoms with E-state index in [1.165, 1.54) is 5.56 Å². The summed E-state index contributed by atoms with van der Waals surface area (Å²) in [4.78, 5) is 0. The molecule has 3 aromatic rings. The van der Waals surface area contributed by atoms with Crippen molar-refractivity contribution in [2.45, 2.75) is 13.8 Å². The number of hydrogen-bond donors (Lipinski definition) is 1. The quantitative estimate of drug-likeness (QED) is 0.680. The molecular formula is C16H14O2. The Morgan fingerprint density at radius 2 is 1.78 bits per heavy atom. The van der Waals surface area contributed by atoms with Crippen LogP contribution in [0.15, 0.2) is 46.9 Å². The smallest absolute Gasteiger partial charge is 0.135 e. The van der Waals surface area contributed by atoms with Crippen LogP contribution in [0.3, 0.4) is 0 Å². The van der Waals surface area contributed by atoms with Gasteiger partial charge in [-0.25, -0.2) is 0 Å². The third-order valence-electron chi connectivity index (χ3n) is 3.15. The second kappa shape index (κ2) is 3.91. The van der Waals surface area contributed by atoms with E-state index in [0.717, 1.165) is 27.9 Å². The van der Waals surface area contributed by atoms with Gasteiger partial charge in [-0.05, 0) is 55.8 Å². The van der Waals surface area contributed by atoms with E-state index in [-0.39, 0.29) is 0 Å². The minimum absolute atomic E-state index is 0.311. The lowest BCUT2D eigenvalue weighted by atomic mass is 10.1. The number of rotatable bonds is 1. The minimum atomic E-state index is 0.311. The highest BCUT2D eigenvalue weighted by Gasteiger charge is 2.07. The van der Waals surface area contributed by atoms with Crippen LogP contribution >= 0.6 is 0 Å². The van der Waals surface area contributed by atoms with Crippen LogP contribution in [0.5, 0.6) is 5.75 Å². The van der Waals surface area contributed by atoms with Gasteiger partial charge < -0.3 is 9.52 Å². The summed E-state index contributed by atoms with van der Waals surface area (Å²) in [5.74, 6) is 1.14. The molecule has 0 radical (unpaired) electrons. The first kappa shape index (κ1) is 10.9. The molecule has 0 aliphatic rings. The number of aryl methyl sites for hydroxylation is 2. The average molecular weight is 238 g/mol. The van der Waals surface area contributed by atoms with Gasteiger partial charge in [-0.3, -0.25) is 0 Å². The van der Waals surface area contributed by atoms with Gasteiger partial charge in [0.2, 0.25) is 0 Å². The SMILES string of the molecule is Cc1ccc2oc(-c3ccc(O)c(C)c3)cc2c1. The molecule has 0 saturated heterocycles. The van der Waals surface area contributed by atoms with Crippen LogP contribution in [0.2, 0.25) is 0 Å². The molecule has 1 aromatic heterocycles. The first-order valence-corrected chi connectivity index (χ1v) is 5.94. The van der Waals surface area contributed by atoms with Crippen molar-refractivity contribution in [2.75, 3.05) is 0 Å². The minimum Gasteiger partial charge on any atom is -0.508 e. The van der Waals surface area contributed by atoms with E-state index >= 15 is 0 Å². The van der Waals surface area contributed by atoms with Gasteiger partial charge >= 0.3 is 0 Å². The molecule has 18 heavy (non-hydrogen) atoms. The van der Waals surface area contributed by atoms with E-state index < -0.39 is 0 Å². The molecule has 1 heterocycles. The van der Waals surface area contributed by atoms with Gasteiger partial charge in [0.25, 0.3) is 0 Å². The predicted molar refractivity (Wildman–Crippen MR) is 72.8 cm³/mol. The summed E-state index contributed by atoms with van der Waals surface area (Å²) in [6.07, 6.45) is 0. The molecule has 90 valence electrons. The van der Waals surface area contributed by atoms with E-state index in [0.29, 0.717) is 5.75 Å². The van der Waals surface area contributed by atoms with E-state index in [2.05, 4.69) is 13.0 Å². The topological polar surface area (TPSA) is 33.4 Å². The fourth-order valence-electron chi connectivity index (χ4n) is 2.11. The fourth-order valence-corrected chi connectivity index (χ4v) is 2.11. The molecule has 0 unspecified atom stereocenters. The Balaban J connectivity index is 2.16. The number of fused-ring (bicyclic) bond motifs is 1. The van der Waals surface area contributed by atoms with Crippen LogP contribution in [0.25, 0.3) is 22.3 Å². The third kappa shape index (κ3) is 1.76. The number of furan rings is 1. The molecule has 1 N–H and O–H groups in total. The Labute approximate surface area is 105 Å². The van der Waals surface area contributed by atoms with Crippen LogP contribution in [-0.2, 0) is 0 Å². The van der Waals surface area contributed by atoms with Crippen molar-refractivity contribution < 1.29 is 9.52 Å². The zero-order valence-corrected chi connectivity index (χ0v) is 10.4. The van der Waals surface area contributed by atoms with E-state index in [9.17, 15) is 5.11 Å². The number of phenolic OH excluding ortho intramolecular Hbond substituents is 1. The van der Waals surface area contributed by atoms with Gasteiger partial charge in [0.1, 0.15) is 17.1 Å². The second-order valence-electron chi connectivity index (χ2n) is 4.65. The molecule has 3 rings (SSSR count). The molecule has 2 heteroatoms. The third-order valence-corrected chi connectivity index (χ3v) is 3.15. The van der Waals surface area contributed by atoms with E-state index in [4.69, 9.17) is 4.42 Å². The molecule has 0 spiro atoms. The van der Waals surface area contributed by atoms with Gasteiger partial charge in [-0.2, -0.15) is 0 Å². The Morgan fingerprint density at radius 3 is 2.56 bits per heavy atom. The first-order valence-electron chi connectivity index (χ1n) is 5.94. The predicted octanol–water partition coefficient (Wildman–Crippen LogP) is 4.42. The molecule has 2 nitrogen and oxygen atoms in total. The fraction of sp³-hybridized carbons (Fsp3) is 0.125. The lowest BCUT2D eigenvalue weighted by molar-refractivity contribution is 0.471. The van der Waals surface area contributed by atoms with E-state index in [1.54, 1.807) is 6.07 Å². The molecule has 0 fully saturated rings. The number of benzene rings is 2. The summed E-state index contributed by atoms with van der Waals surface area (Å²) >= 11 is 0. The Kier molecular flexibility index (Phi) is 2.37. The van der Waals surface area contributed by atoms with Crippen LogP contribution in [-0.4, -0.2) is 5.11 Å². The number of aromatic hydroxyl groups is 1. The summed E-state index contributed by atoms with van der Waals surface area (Å²) in [5.41, 5.74) is 3.95. The van der Waals surface area contributed by atoms with Gasteiger partial charge in [-0.15, -0.1) is 0 Å². The lowest BCUT2D eigenvalue weighted by Crippen LogP contribution is -1.77. The Bertz CT molecular complexity index is 723. The summed E-state index contributed by atoms with van der Waals surface area (Å²) in [7, 11) is 0. The van der Waals surface area contributed by atoms with Crippen molar-refractivity contribution in [1.29, 1.82) is 0 Å². The van der Waals surface area contributed by atoms with Crippen molar-refractivity contribution in [3.63, 3.8) is 0 Å². The van der Waals surface area contributed by atoms with Gasteiger partial charge in [0.15, 0.2) is 0 Å². The van der Waals surface area contributed by atoms with Gasteiger partial charge in [-0.1, -0.05) is 11.6 Å². The van der Waals surface area contributed by atoms with Crippen molar-refractivity contribution in [1.82, 2.24) is 0 Å². The number of hydrogen-bond acceptors (Lipinski definition) is 2. The highest BCUT2D eigenvalue weighted by molar-refractivity contribution is 5.83. The van der Waals surface area contributed by atoms with Crippen LogP contribution in [0, 0.1) is 13.8 Å². The molecular weight excluding hydrogens is 224 g/mol. The second-order valence-corrected chi connectivity index (χ2v) is 4.65. The normalized spacial score (nSPS) is 11.0. The highest BCUT2D eigenvalue weighted by atomic mass is 16.3. The zero-order valence-electron chi connectivity index (χ0n) is 10.4. The van der Waals surface area contributed by atoms with Crippen molar-refractivity contribution in [2.24, 2.45) is 0 Å². The van der Waals surface area contributed by atoms with Crippen LogP contribution < -0.4 is 0 Å². The summed E-state index contributed by atoms with van der Waals surface area (Å²) in [6.45, 7) is 3.95. The maximum atomic E-state index is 9.54. The molecule has 0 bridgehead atoms. The molecule has 0 aliphatic heterocycles. The lowest BCUT2D eigenvalue weighted by Gasteiger charge is -2.00. The standard InChI is InChI=1S/C16H14O2/c1-10-3-6-15-13(7-10)9-16(18-15)12-4-5-14(17)11(2)8-12/h3-9,17H,1-2H3. The molecule has 2 aromatic carbocycles. The average Bonchev–Trinajstić information content (AvgIpc) is 2.75. The summed E-state index contributed by atoms with van der Waals surface area (Å²) < 4.78 is 5.82. The largest absolute Gasteiger partial charge is 0.508 e. The van der Waals surface area contributed by atoms with Crippen molar-refractivity contribution in [3.8, 4) is 17.1 Å². The zero-order chi connectivity index (χ0) is 12.7.